The van der Waals surface area contributed by atoms with Crippen LogP contribution in [0.2, 0.25) is 0 Å². The zero-order chi connectivity index (χ0) is 17.4. The van der Waals surface area contributed by atoms with Crippen molar-refractivity contribution in [1.82, 2.24) is 14.8 Å². The number of anilines is 1. The molecular formula is C13H15F3N4O2S. The average molecular weight is 348 g/mol. The molecule has 0 aromatic carbocycles. The molecule has 10 heteroatoms. The normalized spacial score (nSPS) is 12.4. The van der Waals surface area contributed by atoms with Crippen LogP contribution in [0.5, 0.6) is 0 Å². The highest BCUT2D eigenvalue weighted by Crippen LogP contribution is 2.29. The van der Waals surface area contributed by atoms with E-state index >= 15 is 0 Å². The Morgan fingerprint density at radius 1 is 1.26 bits per heavy atom. The molecule has 0 aliphatic heterocycles. The number of nitrogens with one attached hydrogen (secondary N) is 1. The smallest absolute Gasteiger partial charge is 0.268 e. The maximum Gasteiger partial charge on any atom is 0.433 e. The van der Waals surface area contributed by atoms with Gasteiger partial charge in [0.1, 0.15) is 16.4 Å². The molecule has 23 heavy (non-hydrogen) atoms. The number of hydrogen-bond donors (Lipinski definition) is 1. The van der Waals surface area contributed by atoms with E-state index < -0.39 is 27.7 Å². The number of sulfonamides is 1. The molecule has 126 valence electrons. The molecule has 0 aliphatic rings. The van der Waals surface area contributed by atoms with E-state index in [2.05, 4.69) is 14.8 Å². The summed E-state index contributed by atoms with van der Waals surface area (Å²) in [6.07, 6.45) is -4.65. The molecule has 0 fully saturated rings. The third-order valence-electron chi connectivity index (χ3n) is 3.16. The van der Waals surface area contributed by atoms with Crippen LogP contribution in [0.25, 0.3) is 0 Å². The van der Waals surface area contributed by atoms with E-state index in [0.717, 1.165) is 18.2 Å². The number of nitrogens with zero attached hydrogens (tertiary/aromatic N) is 3. The van der Waals surface area contributed by atoms with Crippen molar-refractivity contribution >= 4 is 15.8 Å². The molecule has 0 bridgehead atoms. The maximum absolute atomic E-state index is 12.6. The van der Waals surface area contributed by atoms with Crippen LogP contribution in [-0.2, 0) is 22.7 Å². The van der Waals surface area contributed by atoms with E-state index in [0.29, 0.717) is 12.2 Å². The van der Waals surface area contributed by atoms with Gasteiger partial charge in [-0.3, -0.25) is 9.40 Å². The van der Waals surface area contributed by atoms with Gasteiger partial charge in [0.25, 0.3) is 10.0 Å². The fourth-order valence-electron chi connectivity index (χ4n) is 2.22. The summed E-state index contributed by atoms with van der Waals surface area (Å²) in [4.78, 5) is 3.24. The standard InChI is InChI=1S/C13H15F3N4O2S/c1-4-20-9(3)12(8(2)18-20)23(21,22)19-11-7-5-6-10(17-11)13(14,15)16/h5-7H,4H2,1-3H3,(H,17,19). The molecule has 0 saturated carbocycles. The minimum atomic E-state index is -4.65. The Morgan fingerprint density at radius 2 is 1.91 bits per heavy atom. The summed E-state index contributed by atoms with van der Waals surface area (Å²) in [5.74, 6) is -0.400. The first-order valence-electron chi connectivity index (χ1n) is 6.67. The molecule has 2 aromatic rings. The Balaban J connectivity index is 2.42. The predicted molar refractivity (Wildman–Crippen MR) is 77.4 cm³/mol. The topological polar surface area (TPSA) is 76.9 Å². The van der Waals surface area contributed by atoms with E-state index in [-0.39, 0.29) is 10.6 Å². The minimum absolute atomic E-state index is 0.0569. The first-order chi connectivity index (χ1) is 10.6. The Kier molecular flexibility index (Phi) is 4.38. The highest BCUT2D eigenvalue weighted by Gasteiger charge is 2.33. The lowest BCUT2D eigenvalue weighted by Gasteiger charge is -2.10. The molecule has 2 rings (SSSR count). The molecule has 0 amide bonds. The summed E-state index contributed by atoms with van der Waals surface area (Å²) in [5, 5.41) is 4.09. The van der Waals surface area contributed by atoms with Crippen LogP contribution in [0.15, 0.2) is 23.1 Å². The number of aryl methyl sites for hydroxylation is 2. The lowest BCUT2D eigenvalue weighted by Crippen LogP contribution is -2.17. The molecule has 2 heterocycles. The summed E-state index contributed by atoms with van der Waals surface area (Å²) in [6.45, 7) is 5.38. The summed E-state index contributed by atoms with van der Waals surface area (Å²) in [5.41, 5.74) is -0.497. The van der Waals surface area contributed by atoms with Crippen LogP contribution in [-0.4, -0.2) is 23.2 Å². The fourth-order valence-corrected chi connectivity index (χ4v) is 3.63. The van der Waals surface area contributed by atoms with Gasteiger partial charge in [-0.1, -0.05) is 6.07 Å². The van der Waals surface area contributed by atoms with E-state index in [4.69, 9.17) is 0 Å². The molecule has 0 radical (unpaired) electrons. The molecule has 0 spiro atoms. The molecule has 0 atom stereocenters. The lowest BCUT2D eigenvalue weighted by atomic mass is 10.3. The van der Waals surface area contributed by atoms with Crippen molar-refractivity contribution in [3.8, 4) is 0 Å². The Morgan fingerprint density at radius 3 is 2.43 bits per heavy atom. The van der Waals surface area contributed by atoms with Gasteiger partial charge in [0.15, 0.2) is 0 Å². The SMILES string of the molecule is CCn1nc(C)c(S(=O)(=O)Nc2cccc(C(F)(F)F)n2)c1C. The molecular weight excluding hydrogens is 333 g/mol. The molecule has 0 saturated heterocycles. The molecule has 0 unspecified atom stereocenters. The van der Waals surface area contributed by atoms with Crippen LogP contribution in [0.1, 0.15) is 24.0 Å². The Labute approximate surface area is 131 Å². The quantitative estimate of drug-likeness (QED) is 0.922. The average Bonchev–Trinajstić information content (AvgIpc) is 2.72. The van der Waals surface area contributed by atoms with Gasteiger partial charge < -0.3 is 0 Å². The van der Waals surface area contributed by atoms with Gasteiger partial charge in [-0.05, 0) is 32.9 Å². The Hall–Kier alpha value is -2.10. The number of hydrogen-bond acceptors (Lipinski definition) is 4. The van der Waals surface area contributed by atoms with Gasteiger partial charge in [-0.25, -0.2) is 13.4 Å². The zero-order valence-electron chi connectivity index (χ0n) is 12.6. The van der Waals surface area contributed by atoms with E-state index in [1.54, 1.807) is 13.8 Å². The maximum atomic E-state index is 12.6. The third-order valence-corrected chi connectivity index (χ3v) is 4.77. The van der Waals surface area contributed by atoms with Crippen LogP contribution < -0.4 is 4.72 Å². The number of pyridine rings is 1. The van der Waals surface area contributed by atoms with Gasteiger partial charge in [-0.15, -0.1) is 0 Å². The van der Waals surface area contributed by atoms with E-state index in [1.165, 1.54) is 11.6 Å². The zero-order valence-corrected chi connectivity index (χ0v) is 13.5. The first kappa shape index (κ1) is 17.3. The summed E-state index contributed by atoms with van der Waals surface area (Å²) < 4.78 is 66.4. The summed E-state index contributed by atoms with van der Waals surface area (Å²) in [7, 11) is -4.09. The van der Waals surface area contributed by atoms with Crippen LogP contribution in [0.3, 0.4) is 0 Å². The fraction of sp³-hybridized carbons (Fsp3) is 0.385. The second-order valence-corrected chi connectivity index (χ2v) is 6.45. The van der Waals surface area contributed by atoms with Gasteiger partial charge >= 0.3 is 6.18 Å². The van der Waals surface area contributed by atoms with Crippen molar-refractivity contribution in [1.29, 1.82) is 0 Å². The van der Waals surface area contributed by atoms with Gasteiger partial charge in [0.05, 0.1) is 11.4 Å². The highest BCUT2D eigenvalue weighted by molar-refractivity contribution is 7.92. The highest BCUT2D eigenvalue weighted by atomic mass is 32.2. The predicted octanol–water partition coefficient (Wildman–Crippen LogP) is 2.73. The van der Waals surface area contributed by atoms with Crippen LogP contribution in [0.4, 0.5) is 19.0 Å². The lowest BCUT2D eigenvalue weighted by molar-refractivity contribution is -0.141. The molecule has 6 nitrogen and oxygen atoms in total. The Bertz CT molecular complexity index is 828. The number of rotatable bonds is 4. The van der Waals surface area contributed by atoms with Gasteiger partial charge in [0.2, 0.25) is 0 Å². The number of halogens is 3. The van der Waals surface area contributed by atoms with Crippen molar-refractivity contribution in [2.45, 2.75) is 38.4 Å². The molecule has 2 aromatic heterocycles. The van der Waals surface area contributed by atoms with Crippen LogP contribution in [0, 0.1) is 13.8 Å². The number of alkyl halides is 3. The van der Waals surface area contributed by atoms with Crippen molar-refractivity contribution < 1.29 is 21.6 Å². The number of aromatic nitrogens is 3. The first-order valence-corrected chi connectivity index (χ1v) is 8.15. The van der Waals surface area contributed by atoms with Crippen LogP contribution >= 0.6 is 0 Å². The minimum Gasteiger partial charge on any atom is -0.268 e. The summed E-state index contributed by atoms with van der Waals surface area (Å²) >= 11 is 0. The van der Waals surface area contributed by atoms with E-state index in [1.807, 2.05) is 0 Å². The largest absolute Gasteiger partial charge is 0.433 e. The summed E-state index contributed by atoms with van der Waals surface area (Å²) in [6, 6.07) is 3.01. The molecule has 0 aliphatic carbocycles. The monoisotopic (exact) mass is 348 g/mol. The van der Waals surface area contributed by atoms with Crippen molar-refractivity contribution in [2.75, 3.05) is 4.72 Å². The second kappa shape index (κ2) is 5.84. The van der Waals surface area contributed by atoms with Crippen molar-refractivity contribution in [3.05, 3.63) is 35.3 Å². The second-order valence-electron chi connectivity index (χ2n) is 4.83. The van der Waals surface area contributed by atoms with Gasteiger partial charge in [-0.2, -0.15) is 18.3 Å². The van der Waals surface area contributed by atoms with Crippen molar-refractivity contribution in [2.24, 2.45) is 0 Å². The van der Waals surface area contributed by atoms with E-state index in [9.17, 15) is 21.6 Å². The third kappa shape index (κ3) is 3.46. The molecule has 1 N–H and O–H groups in total. The van der Waals surface area contributed by atoms with Gasteiger partial charge in [0, 0.05) is 6.54 Å². The van der Waals surface area contributed by atoms with Crippen molar-refractivity contribution in [3.63, 3.8) is 0 Å².